The van der Waals surface area contributed by atoms with Crippen LogP contribution in [0.4, 0.5) is 4.79 Å². The molecule has 2 aliphatic carbocycles. The lowest BCUT2D eigenvalue weighted by Gasteiger charge is -2.52. The predicted octanol–water partition coefficient (Wildman–Crippen LogP) is 6.63. The van der Waals surface area contributed by atoms with Gasteiger partial charge in [0.05, 0.1) is 6.61 Å². The van der Waals surface area contributed by atoms with E-state index in [-0.39, 0.29) is 11.5 Å². The highest BCUT2D eigenvalue weighted by Crippen LogP contribution is 2.55. The molecule has 0 aliphatic heterocycles. The second kappa shape index (κ2) is 9.62. The van der Waals surface area contributed by atoms with Gasteiger partial charge in [0.2, 0.25) is 0 Å². The van der Waals surface area contributed by atoms with Gasteiger partial charge in [0.15, 0.2) is 0 Å². The van der Waals surface area contributed by atoms with Crippen LogP contribution in [0.5, 0.6) is 0 Å². The van der Waals surface area contributed by atoms with Crippen LogP contribution < -0.4 is 0 Å². The first-order valence-electron chi connectivity index (χ1n) is 11.2. The van der Waals surface area contributed by atoms with Crippen molar-refractivity contribution in [2.45, 2.75) is 93.1 Å². The van der Waals surface area contributed by atoms with E-state index in [1.807, 2.05) is 0 Å². The maximum atomic E-state index is 11.6. The molecule has 0 amide bonds. The van der Waals surface area contributed by atoms with Gasteiger partial charge in [-0.05, 0) is 80.0 Å². The molecule has 0 heterocycles. The number of hydrogen-bond acceptors (Lipinski definition) is 4. The second-order valence-corrected chi connectivity index (χ2v) is 10.1. The first-order valence-corrected chi connectivity index (χ1v) is 11.2. The third kappa shape index (κ3) is 5.62. The summed E-state index contributed by atoms with van der Waals surface area (Å²) in [4.78, 5) is 22.4. The van der Waals surface area contributed by atoms with Crippen molar-refractivity contribution in [2.75, 3.05) is 6.61 Å². The number of carbonyl (C=O) groups is 1. The molecule has 0 aromatic rings. The summed E-state index contributed by atoms with van der Waals surface area (Å²) in [5.74, 6) is 3.97. The second-order valence-electron chi connectivity index (χ2n) is 10.1. The molecule has 2 rings (SSSR count). The van der Waals surface area contributed by atoms with Crippen molar-refractivity contribution in [1.82, 2.24) is 0 Å². The molecule has 0 aromatic heterocycles. The SMILES string of the molecule is CCOC(=O)OOC1CC(C)(C2CC(C)CCC2C(C)C)CCC1C(C)C. The summed E-state index contributed by atoms with van der Waals surface area (Å²) in [5.41, 5.74) is 0.248. The highest BCUT2D eigenvalue weighted by atomic mass is 17.2. The zero-order valence-electron chi connectivity index (χ0n) is 18.6. The summed E-state index contributed by atoms with van der Waals surface area (Å²) in [7, 11) is 0. The van der Waals surface area contributed by atoms with Crippen LogP contribution in [-0.2, 0) is 14.5 Å². The first kappa shape index (κ1) is 22.5. The Kier molecular flexibility index (Phi) is 8.03. The minimum Gasteiger partial charge on any atom is -0.433 e. The van der Waals surface area contributed by atoms with Gasteiger partial charge in [-0.2, -0.15) is 4.89 Å². The minimum absolute atomic E-state index is 0.0433. The van der Waals surface area contributed by atoms with Gasteiger partial charge >= 0.3 is 6.16 Å². The van der Waals surface area contributed by atoms with E-state index < -0.39 is 6.16 Å². The van der Waals surface area contributed by atoms with Crippen molar-refractivity contribution >= 4 is 6.16 Å². The maximum Gasteiger partial charge on any atom is 0.540 e. The van der Waals surface area contributed by atoms with Gasteiger partial charge < -0.3 is 4.74 Å². The summed E-state index contributed by atoms with van der Waals surface area (Å²) in [6.45, 7) is 16.2. The summed E-state index contributed by atoms with van der Waals surface area (Å²) < 4.78 is 4.87. The normalized spacial score (nSPS) is 37.4. The molecule has 6 atom stereocenters. The van der Waals surface area contributed by atoms with Crippen molar-refractivity contribution in [2.24, 2.45) is 40.9 Å². The van der Waals surface area contributed by atoms with Gasteiger partial charge in [-0.1, -0.05) is 48.0 Å². The van der Waals surface area contributed by atoms with Crippen molar-refractivity contribution in [3.63, 3.8) is 0 Å². The van der Waals surface area contributed by atoms with Crippen molar-refractivity contribution in [1.29, 1.82) is 0 Å². The largest absolute Gasteiger partial charge is 0.540 e. The fourth-order valence-corrected chi connectivity index (χ4v) is 5.85. The number of hydrogen-bond donors (Lipinski definition) is 0. The molecule has 2 aliphatic rings. The third-order valence-corrected chi connectivity index (χ3v) is 7.47. The molecule has 0 saturated heterocycles. The van der Waals surface area contributed by atoms with Crippen LogP contribution in [0.25, 0.3) is 0 Å². The first-order chi connectivity index (χ1) is 12.7. The molecule has 0 bridgehead atoms. The van der Waals surface area contributed by atoms with Gasteiger partial charge in [0, 0.05) is 0 Å². The van der Waals surface area contributed by atoms with E-state index in [9.17, 15) is 4.79 Å². The molecule has 2 saturated carbocycles. The van der Waals surface area contributed by atoms with E-state index in [2.05, 4.69) is 41.5 Å². The van der Waals surface area contributed by atoms with E-state index in [1.165, 1.54) is 25.7 Å². The van der Waals surface area contributed by atoms with Crippen LogP contribution >= 0.6 is 0 Å². The van der Waals surface area contributed by atoms with Crippen LogP contribution in [0, 0.1) is 40.9 Å². The quantitative estimate of drug-likeness (QED) is 0.294. The van der Waals surface area contributed by atoms with Gasteiger partial charge in [0.25, 0.3) is 0 Å². The average molecular weight is 383 g/mol. The molecule has 2 fully saturated rings. The van der Waals surface area contributed by atoms with Gasteiger partial charge in [-0.25, -0.2) is 4.79 Å². The Morgan fingerprint density at radius 2 is 1.74 bits per heavy atom. The molecule has 27 heavy (non-hydrogen) atoms. The van der Waals surface area contributed by atoms with Crippen LogP contribution in [-0.4, -0.2) is 18.9 Å². The van der Waals surface area contributed by atoms with Gasteiger partial charge in [-0.3, -0.25) is 4.89 Å². The fraction of sp³-hybridized carbons (Fsp3) is 0.957. The molecule has 4 nitrogen and oxygen atoms in total. The van der Waals surface area contributed by atoms with Crippen LogP contribution in [0.2, 0.25) is 0 Å². The summed E-state index contributed by atoms with van der Waals surface area (Å²) in [6.07, 6.45) is 6.61. The van der Waals surface area contributed by atoms with Crippen LogP contribution in [0.15, 0.2) is 0 Å². The molecule has 158 valence electrons. The Hall–Kier alpha value is -0.770. The Bertz CT molecular complexity index is 475. The number of rotatable bonds is 6. The van der Waals surface area contributed by atoms with Gasteiger partial charge in [-0.15, -0.1) is 0 Å². The zero-order valence-corrected chi connectivity index (χ0v) is 18.6. The lowest BCUT2D eigenvalue weighted by molar-refractivity contribution is -0.312. The van der Waals surface area contributed by atoms with E-state index in [4.69, 9.17) is 14.5 Å². The van der Waals surface area contributed by atoms with Crippen molar-refractivity contribution < 1.29 is 19.3 Å². The summed E-state index contributed by atoms with van der Waals surface area (Å²) >= 11 is 0. The molecular weight excluding hydrogens is 340 g/mol. The highest BCUT2D eigenvalue weighted by Gasteiger charge is 2.48. The number of ether oxygens (including phenoxy) is 1. The monoisotopic (exact) mass is 382 g/mol. The Balaban J connectivity index is 2.14. The predicted molar refractivity (Wildman–Crippen MR) is 108 cm³/mol. The Morgan fingerprint density at radius 1 is 1.07 bits per heavy atom. The topological polar surface area (TPSA) is 44.8 Å². The van der Waals surface area contributed by atoms with Crippen molar-refractivity contribution in [3.05, 3.63) is 0 Å². The minimum atomic E-state index is -0.723. The lowest BCUT2D eigenvalue weighted by atomic mass is 9.54. The smallest absolute Gasteiger partial charge is 0.433 e. The molecule has 6 unspecified atom stereocenters. The third-order valence-electron chi connectivity index (χ3n) is 7.47. The van der Waals surface area contributed by atoms with Crippen LogP contribution in [0.3, 0.4) is 0 Å². The standard InChI is InChI=1S/C23H42O4/c1-8-25-22(24)27-26-21-14-23(7,12-11-19(21)16(4)5)20-13-17(6)9-10-18(20)15(2)3/h15-21H,8-14H2,1-7H3. The summed E-state index contributed by atoms with van der Waals surface area (Å²) in [5, 5.41) is 0. The highest BCUT2D eigenvalue weighted by molar-refractivity contribution is 5.58. The molecular formula is C23H42O4. The average Bonchev–Trinajstić information content (AvgIpc) is 2.59. The molecule has 0 radical (unpaired) electrons. The Labute approximate surface area is 166 Å². The van der Waals surface area contributed by atoms with Crippen LogP contribution in [0.1, 0.15) is 87.0 Å². The van der Waals surface area contributed by atoms with Gasteiger partial charge in [0.1, 0.15) is 6.10 Å². The Morgan fingerprint density at radius 3 is 2.33 bits per heavy atom. The van der Waals surface area contributed by atoms with E-state index in [1.54, 1.807) is 6.92 Å². The zero-order chi connectivity index (χ0) is 20.2. The maximum absolute atomic E-state index is 11.6. The fourth-order valence-electron chi connectivity index (χ4n) is 5.85. The summed E-state index contributed by atoms with van der Waals surface area (Å²) in [6, 6.07) is 0. The molecule has 4 heteroatoms. The molecule has 0 aromatic carbocycles. The lowest BCUT2D eigenvalue weighted by Crippen LogP contribution is -2.47. The van der Waals surface area contributed by atoms with E-state index in [0.29, 0.717) is 18.4 Å². The van der Waals surface area contributed by atoms with E-state index in [0.717, 1.165) is 36.5 Å². The van der Waals surface area contributed by atoms with E-state index >= 15 is 0 Å². The molecule has 0 spiro atoms. The number of carbonyl (C=O) groups excluding carboxylic acids is 1. The van der Waals surface area contributed by atoms with Crippen molar-refractivity contribution in [3.8, 4) is 0 Å². The molecule has 0 N–H and O–H groups in total.